The molecule has 0 saturated carbocycles. The standard InChI is InChI=1S/C20H18/c1-3-5-17-7-11-19(12-8-17)15-16-20-13-9-18(6-4-2)10-14-20/h3-14H,1-2H3/b5-3+,6-4+. The van der Waals surface area contributed by atoms with Crippen LogP contribution in [-0.2, 0) is 0 Å². The van der Waals surface area contributed by atoms with Gasteiger partial charge >= 0.3 is 0 Å². The van der Waals surface area contributed by atoms with E-state index in [1.807, 2.05) is 26.0 Å². The second-order valence-electron chi connectivity index (χ2n) is 4.49. The summed E-state index contributed by atoms with van der Waals surface area (Å²) in [5.74, 6) is 6.38. The average molecular weight is 258 g/mol. The first-order chi connectivity index (χ1) is 9.81. The first-order valence-electron chi connectivity index (χ1n) is 6.79. The van der Waals surface area contributed by atoms with Crippen molar-refractivity contribution in [2.45, 2.75) is 13.8 Å². The van der Waals surface area contributed by atoms with Crippen LogP contribution < -0.4 is 0 Å². The Hall–Kier alpha value is -2.52. The molecule has 0 aromatic heterocycles. The van der Waals surface area contributed by atoms with Gasteiger partial charge in [0.2, 0.25) is 0 Å². The van der Waals surface area contributed by atoms with E-state index < -0.39 is 0 Å². The lowest BCUT2D eigenvalue weighted by Crippen LogP contribution is -1.78. The maximum Gasteiger partial charge on any atom is 0.0249 e. The first-order valence-corrected chi connectivity index (χ1v) is 6.79. The van der Waals surface area contributed by atoms with Crippen LogP contribution in [0.15, 0.2) is 60.7 Å². The van der Waals surface area contributed by atoms with Gasteiger partial charge in [-0.05, 0) is 49.2 Å². The van der Waals surface area contributed by atoms with Gasteiger partial charge in [0.05, 0.1) is 0 Å². The van der Waals surface area contributed by atoms with Gasteiger partial charge in [-0.3, -0.25) is 0 Å². The third kappa shape index (κ3) is 4.00. The first kappa shape index (κ1) is 13.9. The lowest BCUT2D eigenvalue weighted by molar-refractivity contribution is 1.58. The second-order valence-corrected chi connectivity index (χ2v) is 4.49. The molecule has 0 amide bonds. The zero-order valence-corrected chi connectivity index (χ0v) is 11.9. The molecule has 0 bridgehead atoms. The third-order valence-electron chi connectivity index (χ3n) is 2.89. The van der Waals surface area contributed by atoms with E-state index in [1.54, 1.807) is 0 Å². The molecule has 0 aliphatic heterocycles. The molecule has 2 aromatic carbocycles. The molecular weight excluding hydrogens is 240 g/mol. The van der Waals surface area contributed by atoms with Crippen LogP contribution in [0.2, 0.25) is 0 Å². The van der Waals surface area contributed by atoms with Gasteiger partial charge in [0.25, 0.3) is 0 Å². The molecule has 0 saturated heterocycles. The molecule has 0 atom stereocenters. The second kappa shape index (κ2) is 7.16. The van der Waals surface area contributed by atoms with Gasteiger partial charge in [-0.2, -0.15) is 0 Å². The summed E-state index contributed by atoms with van der Waals surface area (Å²) in [6.45, 7) is 4.04. The van der Waals surface area contributed by atoms with Crippen LogP contribution in [0.4, 0.5) is 0 Å². The fourth-order valence-corrected chi connectivity index (χ4v) is 1.88. The zero-order chi connectivity index (χ0) is 14.2. The number of rotatable bonds is 2. The Morgan fingerprint density at radius 2 is 0.950 bits per heavy atom. The highest BCUT2D eigenvalue weighted by Crippen LogP contribution is 2.07. The zero-order valence-electron chi connectivity index (χ0n) is 11.9. The van der Waals surface area contributed by atoms with E-state index in [9.17, 15) is 0 Å². The molecule has 20 heavy (non-hydrogen) atoms. The molecule has 0 heterocycles. The Balaban J connectivity index is 2.13. The molecular formula is C20H18. The maximum absolute atomic E-state index is 3.19. The molecule has 0 unspecified atom stereocenters. The molecule has 0 spiro atoms. The van der Waals surface area contributed by atoms with Crippen LogP contribution in [-0.4, -0.2) is 0 Å². The monoisotopic (exact) mass is 258 g/mol. The van der Waals surface area contributed by atoms with E-state index >= 15 is 0 Å². The minimum absolute atomic E-state index is 1.04. The van der Waals surface area contributed by atoms with Crippen molar-refractivity contribution in [3.8, 4) is 11.8 Å². The van der Waals surface area contributed by atoms with E-state index in [4.69, 9.17) is 0 Å². The van der Waals surface area contributed by atoms with Crippen molar-refractivity contribution in [2.24, 2.45) is 0 Å². The number of hydrogen-bond donors (Lipinski definition) is 0. The molecule has 0 fully saturated rings. The van der Waals surface area contributed by atoms with E-state index in [-0.39, 0.29) is 0 Å². The van der Waals surface area contributed by atoms with Gasteiger partial charge in [0.15, 0.2) is 0 Å². The van der Waals surface area contributed by atoms with Crippen molar-refractivity contribution < 1.29 is 0 Å². The Kier molecular flexibility index (Phi) is 4.98. The summed E-state index contributed by atoms with van der Waals surface area (Å²) in [6.07, 6.45) is 8.23. The summed E-state index contributed by atoms with van der Waals surface area (Å²) in [7, 11) is 0. The van der Waals surface area contributed by atoms with Gasteiger partial charge in [0.1, 0.15) is 0 Å². The molecule has 98 valence electrons. The Morgan fingerprint density at radius 1 is 0.600 bits per heavy atom. The minimum Gasteiger partial charge on any atom is -0.0871 e. The Labute approximate surface area is 121 Å². The van der Waals surface area contributed by atoms with Crippen LogP contribution in [0.1, 0.15) is 36.1 Å². The lowest BCUT2D eigenvalue weighted by atomic mass is 10.1. The smallest absolute Gasteiger partial charge is 0.0249 e. The summed E-state index contributed by atoms with van der Waals surface area (Å²) >= 11 is 0. The topological polar surface area (TPSA) is 0 Å². The van der Waals surface area contributed by atoms with Crippen molar-refractivity contribution >= 4 is 12.2 Å². The van der Waals surface area contributed by atoms with Gasteiger partial charge in [-0.15, -0.1) is 0 Å². The van der Waals surface area contributed by atoms with Crippen LogP contribution in [0.5, 0.6) is 0 Å². The SMILES string of the molecule is C/C=C/c1ccc(C#Cc2ccc(/C=C/C)cc2)cc1. The molecule has 2 aromatic rings. The van der Waals surface area contributed by atoms with Crippen molar-refractivity contribution in [2.75, 3.05) is 0 Å². The van der Waals surface area contributed by atoms with Crippen LogP contribution in [0.25, 0.3) is 12.2 Å². The van der Waals surface area contributed by atoms with Gasteiger partial charge < -0.3 is 0 Å². The summed E-state index contributed by atoms with van der Waals surface area (Å²) in [5.41, 5.74) is 4.48. The molecule has 0 nitrogen and oxygen atoms in total. The molecule has 0 heteroatoms. The van der Waals surface area contributed by atoms with E-state index in [1.165, 1.54) is 11.1 Å². The maximum atomic E-state index is 3.19. The molecule has 0 radical (unpaired) electrons. The predicted molar refractivity (Wildman–Crippen MR) is 88.3 cm³/mol. The van der Waals surface area contributed by atoms with E-state index in [2.05, 4.69) is 72.5 Å². The number of benzene rings is 2. The highest BCUT2D eigenvalue weighted by molar-refractivity contribution is 5.54. The van der Waals surface area contributed by atoms with Crippen LogP contribution in [0, 0.1) is 11.8 Å². The lowest BCUT2D eigenvalue weighted by Gasteiger charge is -1.95. The van der Waals surface area contributed by atoms with Crippen LogP contribution >= 0.6 is 0 Å². The van der Waals surface area contributed by atoms with Crippen molar-refractivity contribution in [1.82, 2.24) is 0 Å². The van der Waals surface area contributed by atoms with Crippen molar-refractivity contribution in [3.63, 3.8) is 0 Å². The minimum atomic E-state index is 1.04. The van der Waals surface area contributed by atoms with Crippen molar-refractivity contribution in [1.29, 1.82) is 0 Å². The molecule has 0 N–H and O–H groups in total. The van der Waals surface area contributed by atoms with Gasteiger partial charge in [0, 0.05) is 11.1 Å². The number of allylic oxidation sites excluding steroid dienone is 2. The van der Waals surface area contributed by atoms with Gasteiger partial charge in [-0.25, -0.2) is 0 Å². The average Bonchev–Trinajstić information content (AvgIpc) is 2.49. The summed E-state index contributed by atoms with van der Waals surface area (Å²) in [6, 6.07) is 16.5. The highest BCUT2D eigenvalue weighted by atomic mass is 13.9. The van der Waals surface area contributed by atoms with E-state index in [0.29, 0.717) is 0 Å². The summed E-state index contributed by atoms with van der Waals surface area (Å²) in [4.78, 5) is 0. The largest absolute Gasteiger partial charge is 0.0871 e. The normalized spacial score (nSPS) is 10.7. The fraction of sp³-hybridized carbons (Fsp3) is 0.100. The third-order valence-corrected chi connectivity index (χ3v) is 2.89. The van der Waals surface area contributed by atoms with Gasteiger partial charge in [-0.1, -0.05) is 60.4 Å². The summed E-state index contributed by atoms with van der Waals surface area (Å²) in [5, 5.41) is 0. The van der Waals surface area contributed by atoms with E-state index in [0.717, 1.165) is 11.1 Å². The molecule has 2 rings (SSSR count). The Bertz CT molecular complexity index is 597. The Morgan fingerprint density at radius 3 is 1.25 bits per heavy atom. The number of hydrogen-bond acceptors (Lipinski definition) is 0. The molecule has 0 aliphatic rings. The quantitative estimate of drug-likeness (QED) is 0.653. The van der Waals surface area contributed by atoms with Crippen LogP contribution in [0.3, 0.4) is 0 Å². The predicted octanol–water partition coefficient (Wildman–Crippen LogP) is 5.15. The summed E-state index contributed by atoms with van der Waals surface area (Å²) < 4.78 is 0. The van der Waals surface area contributed by atoms with Crippen molar-refractivity contribution in [3.05, 3.63) is 82.9 Å². The fourth-order valence-electron chi connectivity index (χ4n) is 1.88. The highest BCUT2D eigenvalue weighted by Gasteiger charge is 1.90. The molecule has 0 aliphatic carbocycles.